The molecule has 18 heavy (non-hydrogen) atoms. The van der Waals surface area contributed by atoms with Gasteiger partial charge in [0.2, 0.25) is 0 Å². The molecule has 1 heterocycles. The van der Waals surface area contributed by atoms with Gasteiger partial charge in [0.05, 0.1) is 11.0 Å². The Balaban J connectivity index is 3.03. The van der Waals surface area contributed by atoms with Crippen molar-refractivity contribution >= 4 is 11.0 Å². The molecule has 0 bridgehead atoms. The minimum atomic E-state index is 0.172. The zero-order valence-electron chi connectivity index (χ0n) is 12.9. The lowest BCUT2D eigenvalue weighted by Gasteiger charge is -2.26. The summed E-state index contributed by atoms with van der Waals surface area (Å²) < 4.78 is 2.21. The number of rotatable bonds is 0. The van der Waals surface area contributed by atoms with Gasteiger partial charge >= 0.3 is 0 Å². The molecule has 2 aromatic rings. The van der Waals surface area contributed by atoms with Gasteiger partial charge in [-0.1, -0.05) is 20.8 Å². The van der Waals surface area contributed by atoms with Gasteiger partial charge in [-0.25, -0.2) is 4.98 Å². The number of aryl methyl sites for hydroxylation is 4. The minimum Gasteiger partial charge on any atom is -0.331 e. The molecule has 2 heteroatoms. The van der Waals surface area contributed by atoms with Gasteiger partial charge in [0.15, 0.2) is 0 Å². The number of fused-ring (bicyclic) bond motifs is 1. The summed E-state index contributed by atoms with van der Waals surface area (Å²) in [5.41, 5.74) is 8.19. The maximum absolute atomic E-state index is 4.72. The molecule has 2 nitrogen and oxygen atoms in total. The van der Waals surface area contributed by atoms with E-state index in [1.54, 1.807) is 0 Å². The second kappa shape index (κ2) is 3.84. The van der Waals surface area contributed by atoms with Crippen molar-refractivity contribution in [3.63, 3.8) is 0 Å². The standard InChI is InChI=1S/C16H24N2/c1-9-10(2)14-15(18(8)12(4)17-14)11(3)13(9)16(5,6)7/h1-8H3. The average molecular weight is 244 g/mol. The normalized spacial score (nSPS) is 12.4. The zero-order chi connectivity index (χ0) is 13.8. The van der Waals surface area contributed by atoms with E-state index in [2.05, 4.69) is 60.1 Å². The highest BCUT2D eigenvalue weighted by Crippen LogP contribution is 2.36. The Labute approximate surface area is 110 Å². The van der Waals surface area contributed by atoms with Crippen LogP contribution in [0.4, 0.5) is 0 Å². The number of imidazole rings is 1. The predicted molar refractivity (Wildman–Crippen MR) is 78.4 cm³/mol. The molecule has 0 saturated heterocycles. The first-order valence-electron chi connectivity index (χ1n) is 6.59. The van der Waals surface area contributed by atoms with Gasteiger partial charge in [-0.05, 0) is 55.4 Å². The fourth-order valence-electron chi connectivity index (χ4n) is 3.19. The molecule has 0 aliphatic carbocycles. The molecule has 0 fully saturated rings. The van der Waals surface area contributed by atoms with Crippen LogP contribution in [0.1, 0.15) is 48.8 Å². The van der Waals surface area contributed by atoms with Crippen LogP contribution in [0.25, 0.3) is 11.0 Å². The van der Waals surface area contributed by atoms with E-state index in [4.69, 9.17) is 4.98 Å². The third-order valence-corrected chi connectivity index (χ3v) is 4.09. The lowest BCUT2D eigenvalue weighted by molar-refractivity contribution is 0.582. The van der Waals surface area contributed by atoms with Gasteiger partial charge in [-0.3, -0.25) is 0 Å². The molecule has 1 aromatic heterocycles. The zero-order valence-corrected chi connectivity index (χ0v) is 12.9. The first-order valence-corrected chi connectivity index (χ1v) is 6.59. The highest BCUT2D eigenvalue weighted by Gasteiger charge is 2.24. The van der Waals surface area contributed by atoms with Gasteiger partial charge in [0.1, 0.15) is 5.82 Å². The number of benzene rings is 1. The van der Waals surface area contributed by atoms with Gasteiger partial charge < -0.3 is 4.57 Å². The molecule has 0 amide bonds. The van der Waals surface area contributed by atoms with Crippen LogP contribution in [0, 0.1) is 27.7 Å². The van der Waals surface area contributed by atoms with Gasteiger partial charge in [0.25, 0.3) is 0 Å². The van der Waals surface area contributed by atoms with Gasteiger partial charge in [0, 0.05) is 7.05 Å². The van der Waals surface area contributed by atoms with Crippen molar-refractivity contribution in [3.05, 3.63) is 28.1 Å². The number of aromatic nitrogens is 2. The SMILES string of the molecule is Cc1c(C(C)(C)C)c(C)c2c(nc(C)n2C)c1C. The van der Waals surface area contributed by atoms with Crippen molar-refractivity contribution in [1.29, 1.82) is 0 Å². The van der Waals surface area contributed by atoms with Crippen LogP contribution < -0.4 is 0 Å². The molecule has 0 spiro atoms. The van der Waals surface area contributed by atoms with Crippen molar-refractivity contribution in [2.24, 2.45) is 7.05 Å². The summed E-state index contributed by atoms with van der Waals surface area (Å²) in [4.78, 5) is 4.72. The smallest absolute Gasteiger partial charge is 0.106 e. The second-order valence-electron chi connectivity index (χ2n) is 6.42. The average Bonchev–Trinajstić information content (AvgIpc) is 2.51. The molecule has 0 radical (unpaired) electrons. The molecule has 0 unspecified atom stereocenters. The van der Waals surface area contributed by atoms with Crippen LogP contribution in [-0.2, 0) is 12.5 Å². The summed E-state index contributed by atoms with van der Waals surface area (Å²) in [5, 5.41) is 0. The fourth-order valence-corrected chi connectivity index (χ4v) is 3.19. The van der Waals surface area contributed by atoms with Gasteiger partial charge in [-0.15, -0.1) is 0 Å². The summed E-state index contributed by atoms with van der Waals surface area (Å²) in [6, 6.07) is 0. The van der Waals surface area contributed by atoms with Crippen LogP contribution in [0.15, 0.2) is 0 Å². The molecule has 1 aromatic carbocycles. The number of nitrogens with zero attached hydrogens (tertiary/aromatic N) is 2. The Hall–Kier alpha value is -1.31. The van der Waals surface area contributed by atoms with E-state index in [0.717, 1.165) is 11.3 Å². The summed E-state index contributed by atoms with van der Waals surface area (Å²) in [6.07, 6.45) is 0. The summed E-state index contributed by atoms with van der Waals surface area (Å²) >= 11 is 0. The highest BCUT2D eigenvalue weighted by atomic mass is 15.1. The summed E-state index contributed by atoms with van der Waals surface area (Å²) in [6.45, 7) is 15.6. The van der Waals surface area contributed by atoms with E-state index in [1.165, 1.54) is 27.8 Å². The van der Waals surface area contributed by atoms with E-state index in [0.29, 0.717) is 0 Å². The van der Waals surface area contributed by atoms with Crippen LogP contribution in [0.2, 0.25) is 0 Å². The fraction of sp³-hybridized carbons (Fsp3) is 0.562. The molecular weight excluding hydrogens is 220 g/mol. The van der Waals surface area contributed by atoms with Crippen molar-refractivity contribution in [2.75, 3.05) is 0 Å². The first-order chi connectivity index (χ1) is 8.16. The third kappa shape index (κ3) is 1.66. The van der Waals surface area contributed by atoms with Crippen LogP contribution in [-0.4, -0.2) is 9.55 Å². The Bertz CT molecular complexity index is 625. The highest BCUT2D eigenvalue weighted by molar-refractivity contribution is 5.86. The molecule has 0 aliphatic rings. The van der Waals surface area contributed by atoms with E-state index in [1.807, 2.05) is 0 Å². The minimum absolute atomic E-state index is 0.172. The maximum Gasteiger partial charge on any atom is 0.106 e. The molecule has 0 N–H and O–H groups in total. The Morgan fingerprint density at radius 2 is 1.44 bits per heavy atom. The van der Waals surface area contributed by atoms with E-state index in [9.17, 15) is 0 Å². The molecule has 98 valence electrons. The van der Waals surface area contributed by atoms with Crippen LogP contribution in [0.5, 0.6) is 0 Å². The Morgan fingerprint density at radius 3 is 1.94 bits per heavy atom. The predicted octanol–water partition coefficient (Wildman–Crippen LogP) is 4.10. The Morgan fingerprint density at radius 1 is 0.889 bits per heavy atom. The largest absolute Gasteiger partial charge is 0.331 e. The monoisotopic (exact) mass is 244 g/mol. The van der Waals surface area contributed by atoms with Gasteiger partial charge in [-0.2, -0.15) is 0 Å². The molecule has 0 saturated carbocycles. The van der Waals surface area contributed by atoms with Crippen LogP contribution >= 0.6 is 0 Å². The molecule has 0 aliphatic heterocycles. The maximum atomic E-state index is 4.72. The van der Waals surface area contributed by atoms with Crippen molar-refractivity contribution in [2.45, 2.75) is 53.9 Å². The molecule has 0 atom stereocenters. The van der Waals surface area contributed by atoms with E-state index in [-0.39, 0.29) is 5.41 Å². The topological polar surface area (TPSA) is 17.8 Å². The Kier molecular flexibility index (Phi) is 2.80. The number of hydrogen-bond acceptors (Lipinski definition) is 1. The van der Waals surface area contributed by atoms with Crippen LogP contribution in [0.3, 0.4) is 0 Å². The van der Waals surface area contributed by atoms with Crippen molar-refractivity contribution < 1.29 is 0 Å². The summed E-state index contributed by atoms with van der Waals surface area (Å²) in [7, 11) is 2.11. The van der Waals surface area contributed by atoms with Crippen molar-refractivity contribution in [1.82, 2.24) is 9.55 Å². The van der Waals surface area contributed by atoms with Crippen molar-refractivity contribution in [3.8, 4) is 0 Å². The lowest BCUT2D eigenvalue weighted by atomic mass is 9.79. The second-order valence-corrected chi connectivity index (χ2v) is 6.42. The molecular formula is C16H24N2. The summed E-state index contributed by atoms with van der Waals surface area (Å²) in [5.74, 6) is 1.08. The third-order valence-electron chi connectivity index (χ3n) is 4.09. The quantitative estimate of drug-likeness (QED) is 0.682. The lowest BCUT2D eigenvalue weighted by Crippen LogP contribution is -2.16. The first kappa shape index (κ1) is 13.1. The number of hydrogen-bond donors (Lipinski definition) is 0. The van der Waals surface area contributed by atoms with E-state index >= 15 is 0 Å². The molecule has 2 rings (SSSR count). The van der Waals surface area contributed by atoms with E-state index < -0.39 is 0 Å².